The van der Waals surface area contributed by atoms with Gasteiger partial charge in [0.1, 0.15) is 6.10 Å². The first-order valence-corrected chi connectivity index (χ1v) is 10.4. The van der Waals surface area contributed by atoms with Gasteiger partial charge in [0.05, 0.1) is 5.92 Å². The molecule has 0 aromatic heterocycles. The number of hydrogen-bond donors (Lipinski definition) is 0. The number of esters is 1. The van der Waals surface area contributed by atoms with E-state index in [4.69, 9.17) is 9.16 Å². The van der Waals surface area contributed by atoms with Gasteiger partial charge in [0.25, 0.3) is 0 Å². The maximum atomic E-state index is 11.3. The third-order valence-corrected chi connectivity index (χ3v) is 9.03. The molecule has 0 radical (unpaired) electrons. The van der Waals surface area contributed by atoms with Crippen molar-refractivity contribution in [1.29, 1.82) is 0 Å². The smallest absolute Gasteiger partial charge is 0.309 e. The zero-order valence-electron chi connectivity index (χ0n) is 13.4. The molecule has 0 bridgehead atoms. The van der Waals surface area contributed by atoms with Crippen LogP contribution in [0, 0.1) is 5.92 Å². The van der Waals surface area contributed by atoms with Crippen molar-refractivity contribution in [2.24, 2.45) is 5.92 Å². The number of carbonyl (C=O) groups is 1. The first-order chi connectivity index (χ1) is 8.63. The Morgan fingerprint density at radius 2 is 1.95 bits per heavy atom. The number of carbonyl (C=O) groups excluding carboxylic acids is 1. The highest BCUT2D eigenvalue weighted by Crippen LogP contribution is 2.36. The van der Waals surface area contributed by atoms with E-state index in [2.05, 4.69) is 33.9 Å². The Morgan fingerprint density at radius 1 is 1.32 bits per heavy atom. The van der Waals surface area contributed by atoms with Gasteiger partial charge in [0.15, 0.2) is 8.32 Å². The second-order valence-electron chi connectivity index (χ2n) is 7.30. The van der Waals surface area contributed by atoms with Gasteiger partial charge in [0, 0.05) is 6.61 Å². The van der Waals surface area contributed by atoms with E-state index in [1.165, 1.54) is 0 Å². The highest BCUT2D eigenvalue weighted by Gasteiger charge is 2.36. The van der Waals surface area contributed by atoms with Crippen molar-refractivity contribution in [3.05, 3.63) is 0 Å². The molecule has 19 heavy (non-hydrogen) atoms. The molecule has 0 spiro atoms. The van der Waals surface area contributed by atoms with Crippen molar-refractivity contribution in [3.8, 4) is 0 Å². The summed E-state index contributed by atoms with van der Waals surface area (Å²) in [5.41, 5.74) is 0. The standard InChI is InChI=1S/C15H30O3Si/c1-12-11-13(18-14(12)16)9-7-8-10-17-19(5,6)15(2,3)4/h12-13H,7-11H2,1-6H3/t12-,13-/m1/s1. The lowest BCUT2D eigenvalue weighted by atomic mass is 10.0. The van der Waals surface area contributed by atoms with Crippen molar-refractivity contribution in [2.75, 3.05) is 6.61 Å². The van der Waals surface area contributed by atoms with E-state index in [1.54, 1.807) is 0 Å². The van der Waals surface area contributed by atoms with Gasteiger partial charge >= 0.3 is 5.97 Å². The van der Waals surface area contributed by atoms with Crippen molar-refractivity contribution >= 4 is 14.3 Å². The van der Waals surface area contributed by atoms with E-state index in [0.717, 1.165) is 32.3 Å². The molecule has 0 aromatic carbocycles. The second kappa shape index (κ2) is 6.40. The van der Waals surface area contributed by atoms with Crippen LogP contribution >= 0.6 is 0 Å². The van der Waals surface area contributed by atoms with Crippen LogP contribution in [0.5, 0.6) is 0 Å². The molecule has 1 fully saturated rings. The molecule has 1 rings (SSSR count). The predicted octanol–water partition coefficient (Wildman–Crippen LogP) is 4.13. The molecule has 0 saturated carbocycles. The van der Waals surface area contributed by atoms with E-state index in [9.17, 15) is 4.79 Å². The van der Waals surface area contributed by atoms with Gasteiger partial charge in [-0.1, -0.05) is 27.7 Å². The first-order valence-electron chi connectivity index (χ1n) is 7.48. The van der Waals surface area contributed by atoms with Gasteiger partial charge in [0.2, 0.25) is 0 Å². The summed E-state index contributed by atoms with van der Waals surface area (Å²) in [6.07, 6.45) is 4.17. The molecular weight excluding hydrogens is 256 g/mol. The number of ether oxygens (including phenoxy) is 1. The van der Waals surface area contributed by atoms with Gasteiger partial charge in [-0.05, 0) is 43.8 Å². The fraction of sp³-hybridized carbons (Fsp3) is 0.933. The van der Waals surface area contributed by atoms with E-state index < -0.39 is 8.32 Å². The molecule has 1 heterocycles. The zero-order chi connectivity index (χ0) is 14.7. The van der Waals surface area contributed by atoms with Crippen LogP contribution in [0.15, 0.2) is 0 Å². The Hall–Kier alpha value is -0.353. The summed E-state index contributed by atoms with van der Waals surface area (Å²) >= 11 is 0. The molecule has 0 aliphatic carbocycles. The van der Waals surface area contributed by atoms with Gasteiger partial charge in [-0.3, -0.25) is 4.79 Å². The summed E-state index contributed by atoms with van der Waals surface area (Å²) in [5, 5.41) is 0.281. The molecule has 0 N–H and O–H groups in total. The van der Waals surface area contributed by atoms with Crippen molar-refractivity contribution in [1.82, 2.24) is 0 Å². The number of cyclic esters (lactones) is 1. The average Bonchev–Trinajstić information content (AvgIpc) is 2.56. The predicted molar refractivity (Wildman–Crippen MR) is 80.7 cm³/mol. The minimum atomic E-state index is -1.59. The molecule has 1 aliphatic rings. The molecule has 3 nitrogen and oxygen atoms in total. The summed E-state index contributed by atoms with van der Waals surface area (Å²) in [4.78, 5) is 11.3. The lowest BCUT2D eigenvalue weighted by Gasteiger charge is -2.36. The third-order valence-electron chi connectivity index (χ3n) is 4.49. The molecule has 112 valence electrons. The summed E-state index contributed by atoms with van der Waals surface area (Å²) in [5.74, 6) is 0.0657. The van der Waals surface area contributed by atoms with Gasteiger partial charge in [-0.25, -0.2) is 0 Å². The molecule has 4 heteroatoms. The zero-order valence-corrected chi connectivity index (χ0v) is 14.4. The SMILES string of the molecule is C[C@@H]1C[C@@H](CCCCO[Si](C)(C)C(C)(C)C)OC1=O. The normalized spacial score (nSPS) is 24.6. The van der Waals surface area contributed by atoms with Crippen LogP contribution in [0.3, 0.4) is 0 Å². The van der Waals surface area contributed by atoms with Crippen molar-refractivity contribution < 1.29 is 14.0 Å². The van der Waals surface area contributed by atoms with Crippen LogP contribution in [0.4, 0.5) is 0 Å². The third kappa shape index (κ3) is 4.92. The molecule has 1 saturated heterocycles. The van der Waals surface area contributed by atoms with Crippen LogP contribution in [-0.2, 0) is 14.0 Å². The highest BCUT2D eigenvalue weighted by molar-refractivity contribution is 6.74. The average molecular weight is 286 g/mol. The van der Waals surface area contributed by atoms with E-state index >= 15 is 0 Å². The summed E-state index contributed by atoms with van der Waals surface area (Å²) in [6.45, 7) is 14.1. The molecule has 2 atom stereocenters. The molecule has 0 amide bonds. The summed E-state index contributed by atoms with van der Waals surface area (Å²) in [6, 6.07) is 0. The van der Waals surface area contributed by atoms with Crippen LogP contribution in [-0.4, -0.2) is 27.0 Å². The van der Waals surface area contributed by atoms with Crippen molar-refractivity contribution in [3.63, 3.8) is 0 Å². The largest absolute Gasteiger partial charge is 0.462 e. The Bertz CT molecular complexity index is 307. The minimum absolute atomic E-state index is 0.0254. The molecule has 0 unspecified atom stereocenters. The van der Waals surface area contributed by atoms with Crippen LogP contribution < -0.4 is 0 Å². The minimum Gasteiger partial charge on any atom is -0.462 e. The topological polar surface area (TPSA) is 35.5 Å². The second-order valence-corrected chi connectivity index (χ2v) is 12.1. The Balaban J connectivity index is 2.14. The van der Waals surface area contributed by atoms with Gasteiger partial charge < -0.3 is 9.16 Å². The molecular formula is C15H30O3Si. The van der Waals surface area contributed by atoms with Crippen LogP contribution in [0.25, 0.3) is 0 Å². The maximum Gasteiger partial charge on any atom is 0.309 e. The maximum absolute atomic E-state index is 11.3. The number of rotatable bonds is 6. The summed E-state index contributed by atoms with van der Waals surface area (Å²) in [7, 11) is -1.59. The van der Waals surface area contributed by atoms with Gasteiger partial charge in [-0.15, -0.1) is 0 Å². The Morgan fingerprint density at radius 3 is 2.42 bits per heavy atom. The Labute approximate surface area is 119 Å². The van der Waals surface area contributed by atoms with E-state index in [-0.39, 0.29) is 23.0 Å². The fourth-order valence-corrected chi connectivity index (χ4v) is 3.10. The monoisotopic (exact) mass is 286 g/mol. The highest BCUT2D eigenvalue weighted by atomic mass is 28.4. The van der Waals surface area contributed by atoms with E-state index in [0.29, 0.717) is 0 Å². The quantitative estimate of drug-likeness (QED) is 0.418. The van der Waals surface area contributed by atoms with Gasteiger partial charge in [-0.2, -0.15) is 0 Å². The number of hydrogen-bond acceptors (Lipinski definition) is 3. The summed E-state index contributed by atoms with van der Waals surface area (Å²) < 4.78 is 11.4. The lowest BCUT2D eigenvalue weighted by Crippen LogP contribution is -2.40. The number of unbranched alkanes of at least 4 members (excludes halogenated alkanes) is 1. The van der Waals surface area contributed by atoms with Crippen LogP contribution in [0.1, 0.15) is 53.4 Å². The van der Waals surface area contributed by atoms with Crippen molar-refractivity contribution in [2.45, 2.75) is 77.6 Å². The fourth-order valence-electron chi connectivity index (χ4n) is 2.01. The molecule has 1 aliphatic heterocycles. The molecule has 0 aromatic rings. The van der Waals surface area contributed by atoms with Crippen LogP contribution in [0.2, 0.25) is 18.1 Å². The lowest BCUT2D eigenvalue weighted by molar-refractivity contribution is -0.144. The Kier molecular flexibility index (Phi) is 5.62. The first kappa shape index (κ1) is 16.7. The van der Waals surface area contributed by atoms with E-state index in [1.807, 2.05) is 6.92 Å².